The van der Waals surface area contributed by atoms with E-state index in [4.69, 9.17) is 5.73 Å². The summed E-state index contributed by atoms with van der Waals surface area (Å²) >= 11 is 0. The van der Waals surface area contributed by atoms with Gasteiger partial charge in [0, 0.05) is 13.1 Å². The molecular weight excluding hydrogens is 236 g/mol. The predicted molar refractivity (Wildman–Crippen MR) is 78.0 cm³/mol. The maximum atomic E-state index is 12.1. The first kappa shape index (κ1) is 14.1. The summed E-state index contributed by atoms with van der Waals surface area (Å²) in [6.07, 6.45) is 3.90. The van der Waals surface area contributed by atoms with Crippen molar-refractivity contribution in [2.75, 3.05) is 13.1 Å². The molecule has 0 saturated heterocycles. The second-order valence-corrected chi connectivity index (χ2v) is 5.77. The first-order valence-electron chi connectivity index (χ1n) is 7.12. The van der Waals surface area contributed by atoms with E-state index in [1.807, 2.05) is 0 Å². The summed E-state index contributed by atoms with van der Waals surface area (Å²) in [4.78, 5) is 12.1. The molecule has 1 aromatic carbocycles. The summed E-state index contributed by atoms with van der Waals surface area (Å²) < 4.78 is 0. The van der Waals surface area contributed by atoms with Crippen molar-refractivity contribution in [1.82, 2.24) is 5.32 Å². The Morgan fingerprint density at radius 1 is 1.37 bits per heavy atom. The molecule has 1 fully saturated rings. The number of nitrogens with one attached hydrogen (secondary N) is 1. The van der Waals surface area contributed by atoms with Gasteiger partial charge in [0.2, 0.25) is 5.91 Å². The lowest BCUT2D eigenvalue weighted by molar-refractivity contribution is -0.135. The van der Waals surface area contributed by atoms with Gasteiger partial charge >= 0.3 is 0 Å². The number of benzene rings is 1. The maximum Gasteiger partial charge on any atom is 0.227 e. The molecule has 0 unspecified atom stereocenters. The van der Waals surface area contributed by atoms with Crippen LogP contribution in [-0.2, 0) is 11.2 Å². The van der Waals surface area contributed by atoms with Crippen molar-refractivity contribution in [2.24, 2.45) is 11.1 Å². The Morgan fingerprint density at radius 2 is 2.11 bits per heavy atom. The third kappa shape index (κ3) is 2.98. The number of carbonyl (C=O) groups is 1. The quantitative estimate of drug-likeness (QED) is 0.851. The molecule has 1 aromatic rings. The molecule has 1 amide bonds. The maximum absolute atomic E-state index is 12.1. The molecule has 2 rings (SSSR count). The number of nitrogens with two attached hydrogens (primary N) is 1. The third-order valence-electron chi connectivity index (χ3n) is 4.37. The van der Waals surface area contributed by atoms with Crippen molar-refractivity contribution in [3.8, 4) is 0 Å². The Hall–Kier alpha value is -1.35. The van der Waals surface area contributed by atoms with E-state index in [1.54, 1.807) is 0 Å². The molecule has 3 heteroatoms. The Kier molecular flexibility index (Phi) is 4.25. The molecule has 3 nitrogen and oxygen atoms in total. The molecule has 3 N–H and O–H groups in total. The summed E-state index contributed by atoms with van der Waals surface area (Å²) in [5, 5.41) is 3.05. The number of rotatable bonds is 5. The lowest BCUT2D eigenvalue weighted by Crippen LogP contribution is -2.50. The summed E-state index contributed by atoms with van der Waals surface area (Å²) in [6, 6.07) is 6.46. The highest BCUT2D eigenvalue weighted by Crippen LogP contribution is 2.39. The second kappa shape index (κ2) is 5.74. The zero-order valence-corrected chi connectivity index (χ0v) is 12.0. The fourth-order valence-corrected chi connectivity index (χ4v) is 2.70. The van der Waals surface area contributed by atoms with Gasteiger partial charge in [0.25, 0.3) is 0 Å². The number of hydrogen-bond acceptors (Lipinski definition) is 2. The third-order valence-corrected chi connectivity index (χ3v) is 4.37. The molecule has 0 bridgehead atoms. The number of hydrogen-bond donors (Lipinski definition) is 2. The van der Waals surface area contributed by atoms with E-state index in [-0.39, 0.29) is 11.3 Å². The molecule has 0 aromatic heterocycles. The molecule has 1 saturated carbocycles. The van der Waals surface area contributed by atoms with E-state index in [0.717, 1.165) is 25.7 Å². The van der Waals surface area contributed by atoms with Gasteiger partial charge in [0.1, 0.15) is 0 Å². The topological polar surface area (TPSA) is 55.1 Å². The van der Waals surface area contributed by atoms with Gasteiger partial charge in [-0.2, -0.15) is 0 Å². The molecule has 0 heterocycles. The molecule has 19 heavy (non-hydrogen) atoms. The molecule has 0 aliphatic heterocycles. The van der Waals surface area contributed by atoms with Crippen molar-refractivity contribution in [2.45, 2.75) is 39.5 Å². The van der Waals surface area contributed by atoms with E-state index in [2.05, 4.69) is 37.4 Å². The SMILES string of the molecule is Cc1ccc(C)c(CCNC(=O)C2(CN)CCC2)c1. The van der Waals surface area contributed by atoms with Gasteiger partial charge in [0.15, 0.2) is 0 Å². The summed E-state index contributed by atoms with van der Waals surface area (Å²) in [6.45, 7) is 5.39. The lowest BCUT2D eigenvalue weighted by Gasteiger charge is -2.39. The van der Waals surface area contributed by atoms with Crippen LogP contribution < -0.4 is 11.1 Å². The van der Waals surface area contributed by atoms with Crippen molar-refractivity contribution in [3.63, 3.8) is 0 Å². The first-order valence-corrected chi connectivity index (χ1v) is 7.12. The van der Waals surface area contributed by atoms with Gasteiger partial charge < -0.3 is 11.1 Å². The minimum absolute atomic E-state index is 0.145. The van der Waals surface area contributed by atoms with Crippen LogP contribution in [0.25, 0.3) is 0 Å². The van der Waals surface area contributed by atoms with E-state index >= 15 is 0 Å². The molecule has 1 aliphatic carbocycles. The molecule has 0 radical (unpaired) electrons. The number of aryl methyl sites for hydroxylation is 2. The zero-order valence-electron chi connectivity index (χ0n) is 12.0. The largest absolute Gasteiger partial charge is 0.355 e. The summed E-state index contributed by atoms with van der Waals surface area (Å²) in [5.74, 6) is 0.145. The van der Waals surface area contributed by atoms with Gasteiger partial charge in [-0.3, -0.25) is 4.79 Å². The Bertz CT molecular complexity index is 458. The van der Waals surface area contributed by atoms with E-state index in [9.17, 15) is 4.79 Å². The van der Waals surface area contributed by atoms with Crippen molar-refractivity contribution >= 4 is 5.91 Å². The van der Waals surface area contributed by atoms with Crippen LogP contribution in [0.2, 0.25) is 0 Å². The standard InChI is InChI=1S/C16H24N2O/c1-12-4-5-13(2)14(10-12)6-9-18-15(19)16(11-17)7-3-8-16/h4-5,10H,3,6-9,11,17H2,1-2H3,(H,18,19). The van der Waals surface area contributed by atoms with Crippen molar-refractivity contribution in [1.29, 1.82) is 0 Å². The summed E-state index contributed by atoms with van der Waals surface area (Å²) in [7, 11) is 0. The van der Waals surface area contributed by atoms with Crippen LogP contribution in [-0.4, -0.2) is 19.0 Å². The average Bonchev–Trinajstić information content (AvgIpc) is 2.33. The Balaban J connectivity index is 1.86. The Morgan fingerprint density at radius 3 is 2.68 bits per heavy atom. The van der Waals surface area contributed by atoms with E-state index in [1.165, 1.54) is 16.7 Å². The van der Waals surface area contributed by atoms with E-state index < -0.39 is 0 Å². The van der Waals surface area contributed by atoms with Gasteiger partial charge in [-0.15, -0.1) is 0 Å². The molecule has 0 spiro atoms. The van der Waals surface area contributed by atoms with Crippen LogP contribution in [0, 0.1) is 19.3 Å². The second-order valence-electron chi connectivity index (χ2n) is 5.77. The van der Waals surface area contributed by atoms with Crippen LogP contribution in [0.15, 0.2) is 18.2 Å². The fraction of sp³-hybridized carbons (Fsp3) is 0.562. The van der Waals surface area contributed by atoms with Crippen molar-refractivity contribution in [3.05, 3.63) is 34.9 Å². The first-order chi connectivity index (χ1) is 9.07. The zero-order chi connectivity index (χ0) is 13.9. The smallest absolute Gasteiger partial charge is 0.227 e. The minimum atomic E-state index is -0.262. The molecule has 104 valence electrons. The molecule has 1 aliphatic rings. The van der Waals surface area contributed by atoms with Crippen LogP contribution >= 0.6 is 0 Å². The molecule has 0 atom stereocenters. The lowest BCUT2D eigenvalue weighted by atomic mass is 9.68. The minimum Gasteiger partial charge on any atom is -0.355 e. The highest BCUT2D eigenvalue weighted by atomic mass is 16.2. The van der Waals surface area contributed by atoms with Gasteiger partial charge in [-0.25, -0.2) is 0 Å². The normalized spacial score (nSPS) is 16.8. The molecular formula is C16H24N2O. The van der Waals surface area contributed by atoms with Crippen LogP contribution in [0.4, 0.5) is 0 Å². The summed E-state index contributed by atoms with van der Waals surface area (Å²) in [5.41, 5.74) is 9.35. The van der Waals surface area contributed by atoms with E-state index in [0.29, 0.717) is 13.1 Å². The Labute approximate surface area is 115 Å². The average molecular weight is 260 g/mol. The number of carbonyl (C=O) groups excluding carboxylic acids is 1. The number of amides is 1. The van der Waals surface area contributed by atoms with Gasteiger partial charge in [-0.05, 0) is 44.2 Å². The monoisotopic (exact) mass is 260 g/mol. The predicted octanol–water partition coefficient (Wildman–Crippen LogP) is 2.09. The van der Waals surface area contributed by atoms with Crippen LogP contribution in [0.3, 0.4) is 0 Å². The highest BCUT2D eigenvalue weighted by Gasteiger charge is 2.42. The van der Waals surface area contributed by atoms with Crippen LogP contribution in [0.1, 0.15) is 36.0 Å². The highest BCUT2D eigenvalue weighted by molar-refractivity contribution is 5.83. The van der Waals surface area contributed by atoms with Gasteiger partial charge in [0.05, 0.1) is 5.41 Å². The van der Waals surface area contributed by atoms with Gasteiger partial charge in [-0.1, -0.05) is 30.2 Å². The van der Waals surface area contributed by atoms with Crippen molar-refractivity contribution < 1.29 is 4.79 Å². The van der Waals surface area contributed by atoms with Crippen LogP contribution in [0.5, 0.6) is 0 Å². The fourth-order valence-electron chi connectivity index (χ4n) is 2.70.